The average molecular weight is 366 g/mol. The standard InChI is InChI=1S/C22H27FN4/c1-16-9-10-19(14-21(16)23)17(2)26-22(24-3)25-15-18-7-6-8-20(13-18)27-11-4-5-12-27/h4-10,13-14,17H,11-12,15H2,1-3H3,(H2,24,25,26). The van der Waals surface area contributed by atoms with E-state index in [0.29, 0.717) is 18.1 Å². The number of hydrogen-bond donors (Lipinski definition) is 2. The minimum atomic E-state index is -0.183. The van der Waals surface area contributed by atoms with Crippen molar-refractivity contribution in [2.45, 2.75) is 26.4 Å². The first-order chi connectivity index (χ1) is 13.1. The third-order valence-electron chi connectivity index (χ3n) is 4.83. The van der Waals surface area contributed by atoms with Gasteiger partial charge in [-0.3, -0.25) is 4.99 Å². The van der Waals surface area contributed by atoms with Crippen molar-refractivity contribution in [3.05, 3.63) is 77.1 Å². The van der Waals surface area contributed by atoms with Crippen molar-refractivity contribution in [2.24, 2.45) is 4.99 Å². The van der Waals surface area contributed by atoms with Crippen LogP contribution in [0.25, 0.3) is 0 Å². The zero-order chi connectivity index (χ0) is 19.2. The number of halogens is 1. The van der Waals surface area contributed by atoms with Gasteiger partial charge in [0.25, 0.3) is 0 Å². The van der Waals surface area contributed by atoms with Crippen molar-refractivity contribution in [1.29, 1.82) is 0 Å². The van der Waals surface area contributed by atoms with Crippen LogP contribution in [0.15, 0.2) is 59.6 Å². The molecule has 0 spiro atoms. The van der Waals surface area contributed by atoms with Crippen LogP contribution in [0.5, 0.6) is 0 Å². The molecule has 27 heavy (non-hydrogen) atoms. The quantitative estimate of drug-likeness (QED) is 0.478. The smallest absolute Gasteiger partial charge is 0.191 e. The highest BCUT2D eigenvalue weighted by molar-refractivity contribution is 5.80. The van der Waals surface area contributed by atoms with Crippen LogP contribution >= 0.6 is 0 Å². The summed E-state index contributed by atoms with van der Waals surface area (Å²) in [4.78, 5) is 6.61. The SMILES string of the molecule is CN=C(NCc1cccc(N2CC=CC2)c1)NC(C)c1ccc(C)c(F)c1. The summed E-state index contributed by atoms with van der Waals surface area (Å²) in [6, 6.07) is 13.8. The highest BCUT2D eigenvalue weighted by Gasteiger charge is 2.11. The average Bonchev–Trinajstić information content (AvgIpc) is 3.22. The van der Waals surface area contributed by atoms with Crippen molar-refractivity contribution in [3.63, 3.8) is 0 Å². The predicted molar refractivity (Wildman–Crippen MR) is 111 cm³/mol. The van der Waals surface area contributed by atoms with Gasteiger partial charge in [0.2, 0.25) is 0 Å². The highest BCUT2D eigenvalue weighted by Crippen LogP contribution is 2.19. The van der Waals surface area contributed by atoms with Crippen LogP contribution in [0, 0.1) is 12.7 Å². The first-order valence-electron chi connectivity index (χ1n) is 9.29. The molecule has 0 aromatic heterocycles. The van der Waals surface area contributed by atoms with Crippen LogP contribution in [0.4, 0.5) is 10.1 Å². The molecule has 0 saturated heterocycles. The van der Waals surface area contributed by atoms with Crippen molar-refractivity contribution >= 4 is 11.6 Å². The third kappa shape index (κ3) is 4.88. The Hall–Kier alpha value is -2.82. The molecule has 3 rings (SSSR count). The van der Waals surface area contributed by atoms with E-state index in [1.165, 1.54) is 11.3 Å². The van der Waals surface area contributed by atoms with Crippen molar-refractivity contribution in [2.75, 3.05) is 25.0 Å². The lowest BCUT2D eigenvalue weighted by atomic mass is 10.1. The molecule has 0 amide bonds. The summed E-state index contributed by atoms with van der Waals surface area (Å²) in [6.07, 6.45) is 4.37. The molecule has 1 atom stereocenters. The molecule has 1 heterocycles. The second-order valence-electron chi connectivity index (χ2n) is 6.85. The van der Waals surface area contributed by atoms with E-state index in [1.54, 1.807) is 26.1 Å². The van der Waals surface area contributed by atoms with Gasteiger partial charge in [0.05, 0.1) is 6.04 Å². The zero-order valence-electron chi connectivity index (χ0n) is 16.2. The molecule has 4 nitrogen and oxygen atoms in total. The fraction of sp³-hybridized carbons (Fsp3) is 0.318. The van der Waals surface area contributed by atoms with Crippen LogP contribution < -0.4 is 15.5 Å². The zero-order valence-corrected chi connectivity index (χ0v) is 16.2. The fourth-order valence-corrected chi connectivity index (χ4v) is 3.10. The molecule has 5 heteroatoms. The lowest BCUT2D eigenvalue weighted by Gasteiger charge is -2.20. The van der Waals surface area contributed by atoms with E-state index in [1.807, 2.05) is 13.0 Å². The van der Waals surface area contributed by atoms with E-state index in [4.69, 9.17) is 0 Å². The van der Waals surface area contributed by atoms with E-state index in [2.05, 4.69) is 56.9 Å². The number of hydrogen-bond acceptors (Lipinski definition) is 2. The van der Waals surface area contributed by atoms with Crippen LogP contribution in [0.3, 0.4) is 0 Å². The summed E-state index contributed by atoms with van der Waals surface area (Å²) in [5, 5.41) is 6.66. The fourth-order valence-electron chi connectivity index (χ4n) is 3.10. The molecule has 0 saturated carbocycles. The Kier molecular flexibility index (Phi) is 6.12. The molecule has 1 aliphatic rings. The molecule has 142 valence electrons. The van der Waals surface area contributed by atoms with Crippen LogP contribution in [0.1, 0.15) is 29.7 Å². The number of guanidine groups is 1. The number of anilines is 1. The third-order valence-corrected chi connectivity index (χ3v) is 4.83. The van der Waals surface area contributed by atoms with E-state index in [9.17, 15) is 4.39 Å². The summed E-state index contributed by atoms with van der Waals surface area (Å²) in [6.45, 7) is 6.36. The molecule has 2 aromatic rings. The molecular formula is C22H27FN4. The van der Waals surface area contributed by atoms with Crippen LogP contribution in [-0.2, 0) is 6.54 Å². The molecule has 0 radical (unpaired) electrons. The highest BCUT2D eigenvalue weighted by atomic mass is 19.1. The maximum Gasteiger partial charge on any atom is 0.191 e. The second kappa shape index (κ2) is 8.71. The number of nitrogens with one attached hydrogen (secondary N) is 2. The number of nitrogens with zero attached hydrogens (tertiary/aromatic N) is 2. The lowest BCUT2D eigenvalue weighted by molar-refractivity contribution is 0.607. The van der Waals surface area contributed by atoms with Crippen molar-refractivity contribution in [1.82, 2.24) is 10.6 Å². The van der Waals surface area contributed by atoms with E-state index in [-0.39, 0.29) is 11.9 Å². The minimum absolute atomic E-state index is 0.0479. The molecule has 0 bridgehead atoms. The van der Waals surface area contributed by atoms with Crippen molar-refractivity contribution in [3.8, 4) is 0 Å². The molecule has 1 aliphatic heterocycles. The maximum atomic E-state index is 13.8. The lowest BCUT2D eigenvalue weighted by Crippen LogP contribution is -2.38. The van der Waals surface area contributed by atoms with Gasteiger partial charge in [-0.25, -0.2) is 4.39 Å². The topological polar surface area (TPSA) is 39.7 Å². The van der Waals surface area contributed by atoms with E-state index < -0.39 is 0 Å². The van der Waals surface area contributed by atoms with Crippen molar-refractivity contribution < 1.29 is 4.39 Å². The van der Waals surface area contributed by atoms with Gasteiger partial charge in [0.15, 0.2) is 5.96 Å². The van der Waals surface area contributed by atoms with Crippen LogP contribution in [-0.4, -0.2) is 26.1 Å². The Morgan fingerprint density at radius 2 is 1.96 bits per heavy atom. The molecular weight excluding hydrogens is 339 g/mol. The second-order valence-corrected chi connectivity index (χ2v) is 6.85. The number of rotatable bonds is 5. The van der Waals surface area contributed by atoms with Gasteiger partial charge < -0.3 is 15.5 Å². The Labute approximate surface area is 160 Å². The van der Waals surface area contributed by atoms with Gasteiger partial charge in [-0.2, -0.15) is 0 Å². The van der Waals surface area contributed by atoms with Gasteiger partial charge in [0, 0.05) is 32.4 Å². The van der Waals surface area contributed by atoms with Gasteiger partial charge in [-0.1, -0.05) is 36.4 Å². The monoisotopic (exact) mass is 366 g/mol. The van der Waals surface area contributed by atoms with Gasteiger partial charge >= 0.3 is 0 Å². The molecule has 2 N–H and O–H groups in total. The first-order valence-corrected chi connectivity index (χ1v) is 9.29. The first kappa shape index (κ1) is 19.0. The normalized spacial score (nSPS) is 15.1. The summed E-state index contributed by atoms with van der Waals surface area (Å²) in [7, 11) is 1.74. The summed E-state index contributed by atoms with van der Waals surface area (Å²) >= 11 is 0. The summed E-state index contributed by atoms with van der Waals surface area (Å²) in [5.74, 6) is 0.508. The predicted octanol–water partition coefficient (Wildman–Crippen LogP) is 3.94. The summed E-state index contributed by atoms with van der Waals surface area (Å²) in [5.41, 5.74) is 3.97. The Bertz CT molecular complexity index is 836. The van der Waals surface area contributed by atoms with Gasteiger partial charge in [-0.05, 0) is 48.7 Å². The Balaban J connectivity index is 1.59. The molecule has 0 fully saturated rings. The van der Waals surface area contributed by atoms with E-state index in [0.717, 1.165) is 18.7 Å². The Morgan fingerprint density at radius 3 is 2.67 bits per heavy atom. The largest absolute Gasteiger partial charge is 0.364 e. The number of benzene rings is 2. The number of aliphatic imine (C=N–C) groups is 1. The van der Waals surface area contributed by atoms with Crippen LogP contribution in [0.2, 0.25) is 0 Å². The summed E-state index contributed by atoms with van der Waals surface area (Å²) < 4.78 is 13.8. The minimum Gasteiger partial charge on any atom is -0.364 e. The van der Waals surface area contributed by atoms with Gasteiger partial charge in [-0.15, -0.1) is 0 Å². The molecule has 1 unspecified atom stereocenters. The Morgan fingerprint density at radius 1 is 1.19 bits per heavy atom. The van der Waals surface area contributed by atoms with E-state index >= 15 is 0 Å². The number of aryl methyl sites for hydroxylation is 1. The molecule has 2 aromatic carbocycles. The van der Waals surface area contributed by atoms with Gasteiger partial charge in [0.1, 0.15) is 5.82 Å². The maximum absolute atomic E-state index is 13.8. The molecule has 0 aliphatic carbocycles.